The zero-order valence-corrected chi connectivity index (χ0v) is 11.3. The standard InChI is InChI=1S/C13H17BrO2/c1-3-16-13-8-7-11(9-12(13)14)6-4-5-10(2)15/h7-9H,3-6H2,1-2H3. The quantitative estimate of drug-likeness (QED) is 0.795. The van der Waals surface area contributed by atoms with E-state index in [4.69, 9.17) is 4.74 Å². The Morgan fingerprint density at radius 2 is 2.19 bits per heavy atom. The van der Waals surface area contributed by atoms with Crippen molar-refractivity contribution in [2.45, 2.75) is 33.1 Å². The first kappa shape index (κ1) is 13.2. The summed E-state index contributed by atoms with van der Waals surface area (Å²) in [6.07, 6.45) is 2.51. The van der Waals surface area contributed by atoms with E-state index in [-0.39, 0.29) is 5.78 Å². The SMILES string of the molecule is CCOc1ccc(CCCC(C)=O)cc1Br. The van der Waals surface area contributed by atoms with Gasteiger partial charge in [-0.15, -0.1) is 0 Å². The molecule has 0 aromatic heterocycles. The minimum absolute atomic E-state index is 0.255. The number of carbonyl (C=O) groups excluding carboxylic acids is 1. The molecule has 1 aromatic carbocycles. The van der Waals surface area contributed by atoms with Gasteiger partial charge in [-0.2, -0.15) is 0 Å². The lowest BCUT2D eigenvalue weighted by Gasteiger charge is -2.07. The second-order valence-corrected chi connectivity index (χ2v) is 4.61. The summed E-state index contributed by atoms with van der Waals surface area (Å²) in [5.74, 6) is 1.13. The molecule has 0 heterocycles. The Balaban J connectivity index is 2.55. The highest BCUT2D eigenvalue weighted by Crippen LogP contribution is 2.26. The largest absolute Gasteiger partial charge is 0.493 e. The molecule has 0 bridgehead atoms. The zero-order valence-electron chi connectivity index (χ0n) is 9.75. The van der Waals surface area contributed by atoms with Crippen molar-refractivity contribution in [1.82, 2.24) is 0 Å². The van der Waals surface area contributed by atoms with Crippen LogP contribution in [0.2, 0.25) is 0 Å². The molecule has 0 radical (unpaired) electrons. The van der Waals surface area contributed by atoms with E-state index < -0.39 is 0 Å². The van der Waals surface area contributed by atoms with Crippen molar-refractivity contribution in [2.24, 2.45) is 0 Å². The van der Waals surface area contributed by atoms with Gasteiger partial charge in [-0.25, -0.2) is 0 Å². The van der Waals surface area contributed by atoms with Crippen LogP contribution in [-0.4, -0.2) is 12.4 Å². The summed E-state index contributed by atoms with van der Waals surface area (Å²) in [4.78, 5) is 10.8. The fourth-order valence-electron chi connectivity index (χ4n) is 1.51. The van der Waals surface area contributed by atoms with Gasteiger partial charge in [-0.3, -0.25) is 0 Å². The highest BCUT2D eigenvalue weighted by Gasteiger charge is 2.02. The van der Waals surface area contributed by atoms with Crippen LogP contribution >= 0.6 is 15.9 Å². The first-order valence-electron chi connectivity index (χ1n) is 5.54. The van der Waals surface area contributed by atoms with E-state index in [1.807, 2.05) is 13.0 Å². The van der Waals surface area contributed by atoms with Gasteiger partial charge in [0.25, 0.3) is 0 Å². The zero-order chi connectivity index (χ0) is 12.0. The highest BCUT2D eigenvalue weighted by atomic mass is 79.9. The minimum Gasteiger partial charge on any atom is -0.493 e. The third kappa shape index (κ3) is 4.35. The number of ketones is 1. The van der Waals surface area contributed by atoms with E-state index in [2.05, 4.69) is 28.1 Å². The predicted octanol–water partition coefficient (Wildman–Crippen LogP) is 3.76. The summed E-state index contributed by atoms with van der Waals surface area (Å²) in [5.41, 5.74) is 1.23. The van der Waals surface area contributed by atoms with Crippen LogP contribution in [0.5, 0.6) is 5.75 Å². The van der Waals surface area contributed by atoms with Crippen LogP contribution in [0.25, 0.3) is 0 Å². The summed E-state index contributed by atoms with van der Waals surface area (Å²) in [6.45, 7) is 4.27. The average molecular weight is 285 g/mol. The maximum atomic E-state index is 10.8. The fraction of sp³-hybridized carbons (Fsp3) is 0.462. The summed E-state index contributed by atoms with van der Waals surface area (Å²) in [5, 5.41) is 0. The Morgan fingerprint density at radius 3 is 2.75 bits per heavy atom. The summed E-state index contributed by atoms with van der Waals surface area (Å²) in [7, 11) is 0. The van der Waals surface area contributed by atoms with Gasteiger partial charge < -0.3 is 9.53 Å². The lowest BCUT2D eigenvalue weighted by Crippen LogP contribution is -1.95. The Labute approximate surface area is 105 Å². The van der Waals surface area contributed by atoms with Crippen molar-refractivity contribution in [3.63, 3.8) is 0 Å². The van der Waals surface area contributed by atoms with Gasteiger partial charge in [-0.1, -0.05) is 6.07 Å². The summed E-state index contributed by atoms with van der Waals surface area (Å²) >= 11 is 3.48. The summed E-state index contributed by atoms with van der Waals surface area (Å²) < 4.78 is 6.41. The molecule has 0 aliphatic carbocycles. The molecule has 1 rings (SSSR count). The lowest BCUT2D eigenvalue weighted by molar-refractivity contribution is -0.117. The Kier molecular flexibility index (Phi) is 5.53. The molecule has 0 spiro atoms. The molecular formula is C13H17BrO2. The monoisotopic (exact) mass is 284 g/mol. The van der Waals surface area contributed by atoms with Crippen LogP contribution in [-0.2, 0) is 11.2 Å². The topological polar surface area (TPSA) is 26.3 Å². The van der Waals surface area contributed by atoms with Gasteiger partial charge in [0.15, 0.2) is 0 Å². The second-order valence-electron chi connectivity index (χ2n) is 3.75. The number of ether oxygens (including phenoxy) is 1. The molecule has 1 aromatic rings. The van der Waals surface area contributed by atoms with Crippen LogP contribution in [0, 0.1) is 0 Å². The predicted molar refractivity (Wildman–Crippen MR) is 68.9 cm³/mol. The smallest absolute Gasteiger partial charge is 0.133 e. The van der Waals surface area contributed by atoms with E-state index in [1.54, 1.807) is 6.92 Å². The van der Waals surface area contributed by atoms with Crippen molar-refractivity contribution in [1.29, 1.82) is 0 Å². The van der Waals surface area contributed by atoms with E-state index in [9.17, 15) is 4.79 Å². The van der Waals surface area contributed by atoms with Crippen LogP contribution in [0.3, 0.4) is 0 Å². The molecule has 0 unspecified atom stereocenters. The first-order valence-corrected chi connectivity index (χ1v) is 6.33. The highest BCUT2D eigenvalue weighted by molar-refractivity contribution is 9.10. The molecule has 0 atom stereocenters. The Hall–Kier alpha value is -0.830. The molecule has 0 amide bonds. The van der Waals surface area contributed by atoms with E-state index in [0.29, 0.717) is 13.0 Å². The molecule has 0 saturated carbocycles. The third-order valence-corrected chi connectivity index (χ3v) is 2.91. The number of benzene rings is 1. The van der Waals surface area contributed by atoms with Crippen molar-refractivity contribution in [3.8, 4) is 5.75 Å². The van der Waals surface area contributed by atoms with E-state index in [1.165, 1.54) is 5.56 Å². The van der Waals surface area contributed by atoms with E-state index in [0.717, 1.165) is 23.1 Å². The first-order chi connectivity index (χ1) is 7.63. The molecule has 2 nitrogen and oxygen atoms in total. The number of Topliss-reactive ketones (excluding diaryl/α,β-unsaturated/α-hetero) is 1. The summed E-state index contributed by atoms with van der Waals surface area (Å²) in [6, 6.07) is 6.08. The maximum Gasteiger partial charge on any atom is 0.133 e. The number of halogens is 1. The number of hydrogen-bond acceptors (Lipinski definition) is 2. The molecule has 3 heteroatoms. The van der Waals surface area contributed by atoms with Crippen LogP contribution in [0.1, 0.15) is 32.3 Å². The molecule has 0 N–H and O–H groups in total. The van der Waals surface area contributed by atoms with Crippen LogP contribution in [0.15, 0.2) is 22.7 Å². The lowest BCUT2D eigenvalue weighted by atomic mass is 10.1. The van der Waals surface area contributed by atoms with Crippen molar-refractivity contribution >= 4 is 21.7 Å². The minimum atomic E-state index is 0.255. The normalized spacial score (nSPS) is 10.2. The number of rotatable bonds is 6. The Bertz CT molecular complexity index is 361. The van der Waals surface area contributed by atoms with Gasteiger partial charge >= 0.3 is 0 Å². The van der Waals surface area contributed by atoms with Crippen LogP contribution < -0.4 is 4.74 Å². The van der Waals surface area contributed by atoms with Crippen LogP contribution in [0.4, 0.5) is 0 Å². The van der Waals surface area contributed by atoms with Gasteiger partial charge in [0.2, 0.25) is 0 Å². The number of carbonyl (C=O) groups is 1. The Morgan fingerprint density at radius 1 is 1.44 bits per heavy atom. The third-order valence-electron chi connectivity index (χ3n) is 2.29. The second kappa shape index (κ2) is 6.69. The number of aryl methyl sites for hydroxylation is 1. The molecule has 0 fully saturated rings. The van der Waals surface area contributed by atoms with Gasteiger partial charge in [0, 0.05) is 6.42 Å². The van der Waals surface area contributed by atoms with Crippen molar-refractivity contribution < 1.29 is 9.53 Å². The van der Waals surface area contributed by atoms with Gasteiger partial charge in [-0.05, 0) is 60.3 Å². The number of hydrogen-bond donors (Lipinski definition) is 0. The molecule has 16 heavy (non-hydrogen) atoms. The molecule has 0 aliphatic rings. The molecule has 0 saturated heterocycles. The molecule has 0 aliphatic heterocycles. The molecular weight excluding hydrogens is 268 g/mol. The van der Waals surface area contributed by atoms with Gasteiger partial charge in [0.05, 0.1) is 11.1 Å². The maximum absolute atomic E-state index is 10.8. The van der Waals surface area contributed by atoms with Gasteiger partial charge in [0.1, 0.15) is 11.5 Å². The van der Waals surface area contributed by atoms with Crippen molar-refractivity contribution in [2.75, 3.05) is 6.61 Å². The van der Waals surface area contributed by atoms with E-state index >= 15 is 0 Å². The molecule has 88 valence electrons. The average Bonchev–Trinajstić information content (AvgIpc) is 2.21. The fourth-order valence-corrected chi connectivity index (χ4v) is 2.05. The van der Waals surface area contributed by atoms with Crippen molar-refractivity contribution in [3.05, 3.63) is 28.2 Å².